The van der Waals surface area contributed by atoms with Gasteiger partial charge in [-0.25, -0.2) is 4.98 Å². The van der Waals surface area contributed by atoms with Crippen LogP contribution in [0.3, 0.4) is 0 Å². The predicted octanol–water partition coefficient (Wildman–Crippen LogP) is 4.63. The number of nitrogens with one attached hydrogen (secondary N) is 2. The third-order valence-electron chi connectivity index (χ3n) is 4.28. The molecular formula is C22H23N3O2. The molecule has 138 valence electrons. The molecule has 5 heteroatoms. The highest BCUT2D eigenvalue weighted by molar-refractivity contribution is 5.91. The third-order valence-corrected chi connectivity index (χ3v) is 4.28. The van der Waals surface area contributed by atoms with Crippen molar-refractivity contribution in [2.45, 2.75) is 20.3 Å². The highest BCUT2D eigenvalue weighted by Gasteiger charge is 2.08. The summed E-state index contributed by atoms with van der Waals surface area (Å²) in [6.45, 7) is 4.02. The van der Waals surface area contributed by atoms with Gasteiger partial charge in [-0.15, -0.1) is 0 Å². The maximum atomic E-state index is 12.2. The lowest BCUT2D eigenvalue weighted by molar-refractivity contribution is -0.115. The zero-order chi connectivity index (χ0) is 19.2. The second-order valence-electron chi connectivity index (χ2n) is 6.41. The van der Waals surface area contributed by atoms with E-state index in [0.29, 0.717) is 12.2 Å². The highest BCUT2D eigenvalue weighted by Crippen LogP contribution is 2.28. The number of methoxy groups -OCH3 is 1. The number of benzene rings is 2. The molecule has 0 saturated heterocycles. The number of amides is 1. The third kappa shape index (κ3) is 4.85. The molecule has 27 heavy (non-hydrogen) atoms. The first-order valence-corrected chi connectivity index (χ1v) is 8.77. The predicted molar refractivity (Wildman–Crippen MR) is 109 cm³/mol. The van der Waals surface area contributed by atoms with Crippen LogP contribution in [0, 0.1) is 13.8 Å². The number of nitrogens with zero attached hydrogens (tertiary/aromatic N) is 1. The van der Waals surface area contributed by atoms with E-state index in [4.69, 9.17) is 4.74 Å². The molecule has 1 heterocycles. The number of carbonyl (C=O) groups excluding carboxylic acids is 1. The molecule has 0 spiro atoms. The Morgan fingerprint density at radius 2 is 1.89 bits per heavy atom. The lowest BCUT2D eigenvalue weighted by Crippen LogP contribution is -2.15. The molecule has 2 aromatic carbocycles. The molecule has 0 fully saturated rings. The van der Waals surface area contributed by atoms with Crippen LogP contribution in [0.4, 0.5) is 17.2 Å². The Morgan fingerprint density at radius 3 is 2.59 bits per heavy atom. The fraction of sp³-hybridized carbons (Fsp3) is 0.182. The number of hydrogen-bond acceptors (Lipinski definition) is 4. The summed E-state index contributed by atoms with van der Waals surface area (Å²) >= 11 is 0. The van der Waals surface area contributed by atoms with E-state index in [9.17, 15) is 4.79 Å². The Morgan fingerprint density at radius 1 is 1.07 bits per heavy atom. The molecule has 0 radical (unpaired) electrons. The van der Waals surface area contributed by atoms with Crippen LogP contribution in [0.5, 0.6) is 5.75 Å². The zero-order valence-corrected chi connectivity index (χ0v) is 15.7. The molecule has 3 aromatic rings. The second-order valence-corrected chi connectivity index (χ2v) is 6.41. The smallest absolute Gasteiger partial charge is 0.229 e. The maximum absolute atomic E-state index is 12.2. The topological polar surface area (TPSA) is 63.2 Å². The molecule has 0 aliphatic carbocycles. The van der Waals surface area contributed by atoms with Crippen molar-refractivity contribution in [1.29, 1.82) is 0 Å². The second kappa shape index (κ2) is 8.36. The van der Waals surface area contributed by atoms with Gasteiger partial charge < -0.3 is 15.4 Å². The summed E-state index contributed by atoms with van der Waals surface area (Å²) in [5, 5.41) is 6.13. The fourth-order valence-electron chi connectivity index (χ4n) is 2.79. The van der Waals surface area contributed by atoms with E-state index in [1.54, 1.807) is 19.4 Å². The van der Waals surface area contributed by atoms with Crippen molar-refractivity contribution in [3.63, 3.8) is 0 Å². The minimum Gasteiger partial charge on any atom is -0.495 e. The summed E-state index contributed by atoms with van der Waals surface area (Å²) in [5.74, 6) is 1.20. The molecule has 0 atom stereocenters. The molecular weight excluding hydrogens is 338 g/mol. The highest BCUT2D eigenvalue weighted by atomic mass is 16.5. The van der Waals surface area contributed by atoms with Gasteiger partial charge in [0.05, 0.1) is 31.1 Å². The Hall–Kier alpha value is -3.34. The molecule has 0 bridgehead atoms. The summed E-state index contributed by atoms with van der Waals surface area (Å²) in [6, 6.07) is 17.4. The molecule has 1 aromatic heterocycles. The Balaban J connectivity index is 1.64. The summed E-state index contributed by atoms with van der Waals surface area (Å²) < 4.78 is 5.38. The molecule has 2 N–H and O–H groups in total. The summed E-state index contributed by atoms with van der Waals surface area (Å²) in [6.07, 6.45) is 2.01. The first-order chi connectivity index (χ1) is 13.0. The van der Waals surface area contributed by atoms with Crippen LogP contribution in [-0.2, 0) is 11.2 Å². The van der Waals surface area contributed by atoms with E-state index < -0.39 is 0 Å². The molecule has 0 unspecified atom stereocenters. The van der Waals surface area contributed by atoms with Gasteiger partial charge in [0.15, 0.2) is 0 Å². The lowest BCUT2D eigenvalue weighted by atomic mass is 10.1. The Labute approximate surface area is 159 Å². The van der Waals surface area contributed by atoms with Crippen molar-refractivity contribution in [3.8, 4) is 5.75 Å². The number of aromatic nitrogens is 1. The number of aryl methyl sites for hydroxylation is 2. The number of carbonyl (C=O) groups is 1. The monoisotopic (exact) mass is 361 g/mol. The van der Waals surface area contributed by atoms with Crippen LogP contribution >= 0.6 is 0 Å². The van der Waals surface area contributed by atoms with Gasteiger partial charge in [0, 0.05) is 0 Å². The SMILES string of the molecule is COc1ccc(C)cc1Nc1ccc(NC(=O)Cc2ccccc2C)nc1. The van der Waals surface area contributed by atoms with Gasteiger partial charge in [0.25, 0.3) is 0 Å². The standard InChI is InChI=1S/C22H23N3O2/c1-15-8-10-20(27-3)19(12-15)24-18-9-11-21(23-14-18)25-22(26)13-17-7-5-4-6-16(17)2/h4-12,14,24H,13H2,1-3H3,(H,23,25,26). The van der Waals surface area contributed by atoms with Crippen LogP contribution in [0.25, 0.3) is 0 Å². The van der Waals surface area contributed by atoms with Crippen LogP contribution in [-0.4, -0.2) is 18.0 Å². The fourth-order valence-corrected chi connectivity index (χ4v) is 2.79. The number of anilines is 3. The molecule has 0 saturated carbocycles. The lowest BCUT2D eigenvalue weighted by Gasteiger charge is -2.12. The summed E-state index contributed by atoms with van der Waals surface area (Å²) in [5.41, 5.74) is 4.94. The first-order valence-electron chi connectivity index (χ1n) is 8.77. The summed E-state index contributed by atoms with van der Waals surface area (Å²) in [7, 11) is 1.64. The largest absolute Gasteiger partial charge is 0.495 e. The number of rotatable bonds is 6. The Bertz CT molecular complexity index is 937. The van der Waals surface area contributed by atoms with Gasteiger partial charge >= 0.3 is 0 Å². The van der Waals surface area contributed by atoms with Crippen molar-refractivity contribution in [2.75, 3.05) is 17.7 Å². The van der Waals surface area contributed by atoms with Crippen LogP contribution in [0.15, 0.2) is 60.8 Å². The van der Waals surface area contributed by atoms with E-state index in [1.807, 2.05) is 62.4 Å². The zero-order valence-electron chi connectivity index (χ0n) is 15.7. The van der Waals surface area contributed by atoms with E-state index in [2.05, 4.69) is 15.6 Å². The van der Waals surface area contributed by atoms with Crippen molar-refractivity contribution < 1.29 is 9.53 Å². The van der Waals surface area contributed by atoms with Crippen LogP contribution in [0.2, 0.25) is 0 Å². The number of hydrogen-bond donors (Lipinski definition) is 2. The average Bonchev–Trinajstić information content (AvgIpc) is 2.65. The van der Waals surface area contributed by atoms with Crippen LogP contribution in [0.1, 0.15) is 16.7 Å². The van der Waals surface area contributed by atoms with Crippen molar-refractivity contribution in [3.05, 3.63) is 77.5 Å². The normalized spacial score (nSPS) is 10.3. The molecule has 0 aliphatic heterocycles. The number of pyridine rings is 1. The van der Waals surface area contributed by atoms with E-state index in [1.165, 1.54) is 0 Å². The van der Waals surface area contributed by atoms with Gasteiger partial charge in [0.2, 0.25) is 5.91 Å². The summed E-state index contributed by atoms with van der Waals surface area (Å²) in [4.78, 5) is 16.6. The molecule has 0 aliphatic rings. The van der Waals surface area contributed by atoms with Gasteiger partial charge in [-0.2, -0.15) is 0 Å². The Kier molecular flexibility index (Phi) is 5.71. The van der Waals surface area contributed by atoms with Gasteiger partial charge in [0.1, 0.15) is 11.6 Å². The number of ether oxygens (including phenoxy) is 1. The van der Waals surface area contributed by atoms with Crippen LogP contribution < -0.4 is 15.4 Å². The van der Waals surface area contributed by atoms with Gasteiger partial charge in [-0.3, -0.25) is 4.79 Å². The minimum atomic E-state index is -0.0853. The molecule has 1 amide bonds. The van der Waals surface area contributed by atoms with Gasteiger partial charge in [-0.05, 0) is 54.8 Å². The quantitative estimate of drug-likeness (QED) is 0.672. The van der Waals surface area contributed by atoms with Gasteiger partial charge in [-0.1, -0.05) is 30.3 Å². The molecule has 5 nitrogen and oxygen atoms in total. The van der Waals surface area contributed by atoms with E-state index >= 15 is 0 Å². The first kappa shape index (κ1) is 18.5. The van der Waals surface area contributed by atoms with E-state index in [-0.39, 0.29) is 5.91 Å². The molecule has 3 rings (SSSR count). The van der Waals surface area contributed by atoms with Crippen molar-refractivity contribution in [2.24, 2.45) is 0 Å². The van der Waals surface area contributed by atoms with E-state index in [0.717, 1.165) is 33.8 Å². The maximum Gasteiger partial charge on any atom is 0.229 e. The average molecular weight is 361 g/mol. The van der Waals surface area contributed by atoms with Crippen molar-refractivity contribution >= 4 is 23.1 Å². The van der Waals surface area contributed by atoms with Crippen molar-refractivity contribution in [1.82, 2.24) is 4.98 Å². The minimum absolute atomic E-state index is 0.0853.